The van der Waals surface area contributed by atoms with Crippen LogP contribution in [0.3, 0.4) is 0 Å². The van der Waals surface area contributed by atoms with Crippen LogP contribution in [-0.4, -0.2) is 53.3 Å². The molecule has 1 unspecified atom stereocenters. The maximum absolute atomic E-state index is 12.1. The van der Waals surface area contributed by atoms with Gasteiger partial charge in [0, 0.05) is 44.6 Å². The van der Waals surface area contributed by atoms with E-state index in [2.05, 4.69) is 35.9 Å². The van der Waals surface area contributed by atoms with Gasteiger partial charge in [-0.05, 0) is 48.9 Å². The maximum Gasteiger partial charge on any atom is 0.302 e. The lowest BCUT2D eigenvalue weighted by atomic mass is 9.48. The molecule has 0 aromatic heterocycles. The van der Waals surface area contributed by atoms with Crippen molar-refractivity contribution < 1.29 is 33.7 Å². The Bertz CT molecular complexity index is 902. The van der Waals surface area contributed by atoms with Gasteiger partial charge in [0.05, 0.1) is 4.83 Å². The number of allylic oxidation sites excluding steroid dienone is 1. The zero-order chi connectivity index (χ0) is 25.1. The smallest absolute Gasteiger partial charge is 0.302 e. The third-order valence-corrected chi connectivity index (χ3v) is 10.7. The van der Waals surface area contributed by atoms with Crippen molar-refractivity contribution >= 4 is 33.8 Å². The molecule has 0 saturated heterocycles. The Hall–Kier alpha value is -1.41. The molecule has 0 heterocycles. The van der Waals surface area contributed by atoms with E-state index in [1.807, 2.05) is 0 Å². The first-order valence-corrected chi connectivity index (χ1v) is 13.2. The number of fused-ring (bicyclic) bond motifs is 5. The third-order valence-electron chi connectivity index (χ3n) is 9.28. The molecule has 3 saturated carbocycles. The molecule has 0 bridgehead atoms. The first-order chi connectivity index (χ1) is 15.9. The van der Waals surface area contributed by atoms with Gasteiger partial charge in [-0.15, -0.1) is 0 Å². The van der Waals surface area contributed by atoms with E-state index in [4.69, 9.17) is 14.2 Å². The number of alkyl halides is 1. The molecule has 1 N–H and O–H groups in total. The second-order valence-corrected chi connectivity index (χ2v) is 12.6. The number of carbonyl (C=O) groups is 3. The van der Waals surface area contributed by atoms with E-state index in [9.17, 15) is 19.5 Å². The Balaban J connectivity index is 1.70. The number of aliphatic hydroxyl groups is 1. The Morgan fingerprint density at radius 3 is 2.29 bits per heavy atom. The van der Waals surface area contributed by atoms with E-state index in [0.29, 0.717) is 6.42 Å². The average Bonchev–Trinajstić information content (AvgIpc) is 3.49. The lowest BCUT2D eigenvalue weighted by Crippen LogP contribution is -2.56. The van der Waals surface area contributed by atoms with E-state index in [0.717, 1.165) is 25.7 Å². The van der Waals surface area contributed by atoms with Crippen molar-refractivity contribution in [3.05, 3.63) is 11.6 Å². The van der Waals surface area contributed by atoms with Gasteiger partial charge < -0.3 is 19.3 Å². The van der Waals surface area contributed by atoms with E-state index in [-0.39, 0.29) is 82.2 Å². The number of halogens is 1. The Morgan fingerprint density at radius 2 is 1.71 bits per heavy atom. The quantitative estimate of drug-likeness (QED) is 0.235. The summed E-state index contributed by atoms with van der Waals surface area (Å²) in [7, 11) is 0. The summed E-state index contributed by atoms with van der Waals surface area (Å²) in [6, 6.07) is 0. The topological polar surface area (TPSA) is 99.1 Å². The van der Waals surface area contributed by atoms with Crippen molar-refractivity contribution in [1.82, 2.24) is 0 Å². The fraction of sp³-hybridized carbons (Fsp3) is 0.808. The number of rotatable bonds is 6. The lowest BCUT2D eigenvalue weighted by molar-refractivity contribution is -0.167. The van der Waals surface area contributed by atoms with Gasteiger partial charge in [-0.3, -0.25) is 14.4 Å². The SMILES string of the molecule is CC(=O)OCC(Br)[C@@]1(C)CC=C2[C@@H](C1)[C@H](OC(C)=O)C[C@@H]1[C@@]3(CO)C[C@H]3[C@H](OC(C)=O)C[C@@]21C. The molecule has 8 heteroatoms. The van der Waals surface area contributed by atoms with Gasteiger partial charge in [-0.2, -0.15) is 0 Å². The Labute approximate surface area is 210 Å². The van der Waals surface area contributed by atoms with Crippen LogP contribution >= 0.6 is 15.9 Å². The minimum atomic E-state index is -0.307. The van der Waals surface area contributed by atoms with Crippen LogP contribution in [0.4, 0.5) is 0 Å². The molecular formula is C26H37BrO7. The highest BCUT2D eigenvalue weighted by molar-refractivity contribution is 9.09. The molecule has 3 fully saturated rings. The molecule has 0 spiro atoms. The molecule has 0 amide bonds. The normalized spacial score (nSPS) is 43.3. The summed E-state index contributed by atoms with van der Waals surface area (Å²) in [6.45, 7) is 9.06. The molecule has 9 atom stereocenters. The second-order valence-electron chi connectivity index (χ2n) is 11.5. The van der Waals surface area contributed by atoms with Crippen molar-refractivity contribution in [3.8, 4) is 0 Å². The minimum absolute atomic E-state index is 0.0188. The Kier molecular flexibility index (Phi) is 6.73. The van der Waals surface area contributed by atoms with Crippen LogP contribution in [0.1, 0.15) is 66.7 Å². The van der Waals surface area contributed by atoms with Crippen molar-refractivity contribution in [1.29, 1.82) is 0 Å². The highest BCUT2D eigenvalue weighted by Gasteiger charge is 2.72. The number of carbonyl (C=O) groups excluding carboxylic acids is 3. The van der Waals surface area contributed by atoms with Crippen molar-refractivity contribution in [2.24, 2.45) is 34.0 Å². The lowest BCUT2D eigenvalue weighted by Gasteiger charge is -2.59. The molecule has 4 aliphatic rings. The molecule has 34 heavy (non-hydrogen) atoms. The van der Waals surface area contributed by atoms with Crippen molar-refractivity contribution in [2.75, 3.05) is 13.2 Å². The largest absolute Gasteiger partial charge is 0.465 e. The summed E-state index contributed by atoms with van der Waals surface area (Å²) in [5.41, 5.74) is 0.517. The fourth-order valence-electron chi connectivity index (χ4n) is 7.60. The van der Waals surface area contributed by atoms with Crippen molar-refractivity contribution in [2.45, 2.75) is 83.8 Å². The highest BCUT2D eigenvalue weighted by atomic mass is 79.9. The van der Waals surface area contributed by atoms with Crippen LogP contribution in [0.2, 0.25) is 0 Å². The third kappa shape index (κ3) is 4.23. The second kappa shape index (κ2) is 8.91. The van der Waals surface area contributed by atoms with Gasteiger partial charge in [0.2, 0.25) is 0 Å². The summed E-state index contributed by atoms with van der Waals surface area (Å²) in [6.07, 6.45) is 5.62. The summed E-state index contributed by atoms with van der Waals surface area (Å²) in [5, 5.41) is 10.5. The number of esters is 3. The van der Waals surface area contributed by atoms with Gasteiger partial charge in [0.15, 0.2) is 0 Å². The van der Waals surface area contributed by atoms with Crippen LogP contribution < -0.4 is 0 Å². The summed E-state index contributed by atoms with van der Waals surface area (Å²) in [5.74, 6) is -0.565. The van der Waals surface area contributed by atoms with Gasteiger partial charge in [-0.25, -0.2) is 0 Å². The Morgan fingerprint density at radius 1 is 1.06 bits per heavy atom. The predicted molar refractivity (Wildman–Crippen MR) is 128 cm³/mol. The molecule has 0 aromatic rings. The predicted octanol–water partition coefficient (Wildman–Crippen LogP) is 3.95. The van der Waals surface area contributed by atoms with Crippen LogP contribution in [-0.2, 0) is 28.6 Å². The summed E-state index contributed by atoms with van der Waals surface area (Å²) < 4.78 is 17.0. The van der Waals surface area contributed by atoms with E-state index < -0.39 is 0 Å². The molecule has 7 nitrogen and oxygen atoms in total. The molecule has 0 aliphatic heterocycles. The monoisotopic (exact) mass is 540 g/mol. The van der Waals surface area contributed by atoms with Crippen LogP contribution in [0.15, 0.2) is 11.6 Å². The van der Waals surface area contributed by atoms with Gasteiger partial charge >= 0.3 is 17.9 Å². The highest BCUT2D eigenvalue weighted by Crippen LogP contribution is 2.74. The first-order valence-electron chi connectivity index (χ1n) is 12.3. The number of hydrogen-bond donors (Lipinski definition) is 1. The summed E-state index contributed by atoms with van der Waals surface area (Å²) in [4.78, 5) is 35.3. The van der Waals surface area contributed by atoms with Gasteiger partial charge in [0.25, 0.3) is 0 Å². The zero-order valence-corrected chi connectivity index (χ0v) is 22.4. The van der Waals surface area contributed by atoms with Crippen molar-refractivity contribution in [3.63, 3.8) is 0 Å². The molecule has 4 aliphatic carbocycles. The maximum atomic E-state index is 12.1. The molecule has 0 radical (unpaired) electrons. The average molecular weight is 541 g/mol. The summed E-state index contributed by atoms with van der Waals surface area (Å²) >= 11 is 3.76. The molecule has 190 valence electrons. The number of aliphatic hydroxyl groups excluding tert-OH is 1. The van der Waals surface area contributed by atoms with Gasteiger partial charge in [0.1, 0.15) is 18.8 Å². The molecule has 4 rings (SSSR count). The molecular weight excluding hydrogens is 504 g/mol. The fourth-order valence-corrected chi connectivity index (χ4v) is 8.10. The minimum Gasteiger partial charge on any atom is -0.465 e. The van der Waals surface area contributed by atoms with E-state index in [1.54, 1.807) is 0 Å². The van der Waals surface area contributed by atoms with E-state index >= 15 is 0 Å². The van der Waals surface area contributed by atoms with Gasteiger partial charge in [-0.1, -0.05) is 41.4 Å². The zero-order valence-electron chi connectivity index (χ0n) is 20.8. The van der Waals surface area contributed by atoms with Crippen LogP contribution in [0, 0.1) is 34.0 Å². The number of hydrogen-bond acceptors (Lipinski definition) is 7. The number of ether oxygens (including phenoxy) is 3. The van der Waals surface area contributed by atoms with Crippen LogP contribution in [0.25, 0.3) is 0 Å². The standard InChI is InChI=1S/C26H37BrO7/c1-14(29)32-12-23(27)24(4)7-6-18-17(9-24)20(33-15(2)30)8-22-25(18,5)11-21(34-16(3)31)19-10-26(19,22)13-28/h6,17,19-23,28H,7-13H2,1-5H3/t17-,19+,20-,21-,22+,23?,24+,25+,26-/m1/s1. The van der Waals surface area contributed by atoms with Crippen LogP contribution in [0.5, 0.6) is 0 Å². The molecule has 0 aromatic carbocycles. The van der Waals surface area contributed by atoms with E-state index in [1.165, 1.54) is 26.3 Å². The first kappa shape index (κ1) is 25.7.